The summed E-state index contributed by atoms with van der Waals surface area (Å²) in [6.45, 7) is 6.27. The van der Waals surface area contributed by atoms with Crippen molar-refractivity contribution in [2.24, 2.45) is 0 Å². The molecule has 2 aromatic rings. The van der Waals surface area contributed by atoms with E-state index < -0.39 is 0 Å². The maximum absolute atomic E-state index is 12.4. The minimum Gasteiger partial charge on any atom is -0.294 e. The summed E-state index contributed by atoms with van der Waals surface area (Å²) >= 11 is 5.96. The van der Waals surface area contributed by atoms with Crippen molar-refractivity contribution < 1.29 is 4.79 Å². The first-order chi connectivity index (χ1) is 9.49. The van der Waals surface area contributed by atoms with Gasteiger partial charge in [0.15, 0.2) is 5.78 Å². The standard InChI is InChI=1S/C18H17ClO/c1-10-8-11(2)17-16(20)9-15(18(17)12(10)3)13-4-6-14(19)7-5-13/h4-8,15H,9H2,1-3H3. The van der Waals surface area contributed by atoms with E-state index in [4.69, 9.17) is 11.6 Å². The smallest absolute Gasteiger partial charge is 0.164 e. The summed E-state index contributed by atoms with van der Waals surface area (Å²) in [5, 5.41) is 0.732. The van der Waals surface area contributed by atoms with Gasteiger partial charge in [-0.2, -0.15) is 0 Å². The van der Waals surface area contributed by atoms with Crippen LogP contribution in [0.25, 0.3) is 0 Å². The molecule has 0 radical (unpaired) electrons. The molecule has 2 heteroatoms. The summed E-state index contributed by atoms with van der Waals surface area (Å²) in [5.74, 6) is 0.439. The third kappa shape index (κ3) is 1.97. The third-order valence-corrected chi connectivity index (χ3v) is 4.63. The fourth-order valence-electron chi connectivity index (χ4n) is 3.29. The Morgan fingerprint density at radius 2 is 1.70 bits per heavy atom. The van der Waals surface area contributed by atoms with E-state index in [2.05, 4.69) is 19.9 Å². The molecule has 1 nitrogen and oxygen atoms in total. The summed E-state index contributed by atoms with van der Waals surface area (Å²) in [4.78, 5) is 12.4. The maximum atomic E-state index is 12.4. The van der Waals surface area contributed by atoms with Crippen molar-refractivity contribution in [2.45, 2.75) is 33.1 Å². The number of carbonyl (C=O) groups is 1. The molecule has 0 saturated heterocycles. The largest absolute Gasteiger partial charge is 0.294 e. The molecule has 1 unspecified atom stereocenters. The van der Waals surface area contributed by atoms with Gasteiger partial charge >= 0.3 is 0 Å². The number of hydrogen-bond donors (Lipinski definition) is 0. The fraction of sp³-hybridized carbons (Fsp3) is 0.278. The van der Waals surface area contributed by atoms with Gasteiger partial charge in [-0.05, 0) is 60.7 Å². The van der Waals surface area contributed by atoms with E-state index in [0.717, 1.165) is 16.1 Å². The van der Waals surface area contributed by atoms with Gasteiger partial charge in [0, 0.05) is 22.9 Å². The van der Waals surface area contributed by atoms with E-state index in [0.29, 0.717) is 6.42 Å². The molecular weight excluding hydrogens is 268 g/mol. The number of benzene rings is 2. The van der Waals surface area contributed by atoms with E-state index in [1.165, 1.54) is 22.3 Å². The zero-order chi connectivity index (χ0) is 14.4. The summed E-state index contributed by atoms with van der Waals surface area (Å²) in [6, 6.07) is 9.99. The van der Waals surface area contributed by atoms with Crippen LogP contribution in [0.2, 0.25) is 5.02 Å². The van der Waals surface area contributed by atoms with E-state index in [9.17, 15) is 4.79 Å². The molecule has 0 bridgehead atoms. The molecule has 1 atom stereocenters. The Balaban J connectivity index is 2.21. The highest BCUT2D eigenvalue weighted by atomic mass is 35.5. The molecule has 2 aromatic carbocycles. The van der Waals surface area contributed by atoms with Crippen LogP contribution in [0, 0.1) is 20.8 Å². The van der Waals surface area contributed by atoms with Crippen molar-refractivity contribution in [2.75, 3.05) is 0 Å². The highest BCUT2D eigenvalue weighted by molar-refractivity contribution is 6.30. The zero-order valence-corrected chi connectivity index (χ0v) is 12.7. The lowest BCUT2D eigenvalue weighted by Gasteiger charge is -2.17. The molecule has 0 fully saturated rings. The molecule has 0 aliphatic heterocycles. The quantitative estimate of drug-likeness (QED) is 0.721. The van der Waals surface area contributed by atoms with Crippen LogP contribution in [0.3, 0.4) is 0 Å². The van der Waals surface area contributed by atoms with Crippen LogP contribution in [0.15, 0.2) is 30.3 Å². The normalized spacial score (nSPS) is 17.4. The molecule has 1 aliphatic carbocycles. The third-order valence-electron chi connectivity index (χ3n) is 4.38. The molecule has 0 heterocycles. The number of hydrogen-bond acceptors (Lipinski definition) is 1. The lowest BCUT2D eigenvalue weighted by atomic mass is 9.87. The Labute approximate surface area is 124 Å². The Morgan fingerprint density at radius 1 is 1.05 bits per heavy atom. The molecule has 102 valence electrons. The van der Waals surface area contributed by atoms with Gasteiger partial charge in [-0.15, -0.1) is 0 Å². The molecule has 0 amide bonds. The van der Waals surface area contributed by atoms with E-state index in [1.54, 1.807) is 0 Å². The van der Waals surface area contributed by atoms with Crippen LogP contribution in [0.4, 0.5) is 0 Å². The van der Waals surface area contributed by atoms with Crippen LogP contribution < -0.4 is 0 Å². The summed E-state index contributed by atoms with van der Waals surface area (Å²) in [6.07, 6.45) is 0.572. The number of halogens is 1. The minimum atomic E-state index is 0.174. The Hall–Kier alpha value is -1.60. The van der Waals surface area contributed by atoms with Gasteiger partial charge in [0.05, 0.1) is 0 Å². The minimum absolute atomic E-state index is 0.174. The van der Waals surface area contributed by atoms with Gasteiger partial charge in [-0.3, -0.25) is 4.79 Å². The van der Waals surface area contributed by atoms with Gasteiger partial charge in [0.2, 0.25) is 0 Å². The second-order valence-electron chi connectivity index (χ2n) is 5.66. The average Bonchev–Trinajstić information content (AvgIpc) is 2.75. The van der Waals surface area contributed by atoms with Crippen molar-refractivity contribution in [3.8, 4) is 0 Å². The van der Waals surface area contributed by atoms with Crippen molar-refractivity contribution in [3.05, 3.63) is 68.7 Å². The molecule has 1 aliphatic rings. The highest BCUT2D eigenvalue weighted by Gasteiger charge is 2.33. The predicted octanol–water partition coefficient (Wildman–Crippen LogP) is 4.98. The van der Waals surface area contributed by atoms with Gasteiger partial charge in [-0.25, -0.2) is 0 Å². The monoisotopic (exact) mass is 284 g/mol. The van der Waals surface area contributed by atoms with Crippen molar-refractivity contribution >= 4 is 17.4 Å². The summed E-state index contributed by atoms with van der Waals surface area (Å²) in [5.41, 5.74) is 6.94. The number of rotatable bonds is 1. The van der Waals surface area contributed by atoms with Gasteiger partial charge in [0.1, 0.15) is 0 Å². The van der Waals surface area contributed by atoms with Gasteiger partial charge in [-0.1, -0.05) is 29.8 Å². The summed E-state index contributed by atoms with van der Waals surface area (Å²) < 4.78 is 0. The number of fused-ring (bicyclic) bond motifs is 1. The molecule has 3 rings (SSSR count). The molecule has 0 aromatic heterocycles. The SMILES string of the molecule is Cc1cc(C)c2c(c1C)C(c1ccc(Cl)cc1)CC2=O. The van der Waals surface area contributed by atoms with Crippen LogP contribution in [0.5, 0.6) is 0 Å². The number of aryl methyl sites for hydroxylation is 2. The maximum Gasteiger partial charge on any atom is 0.164 e. The van der Waals surface area contributed by atoms with Crippen LogP contribution >= 0.6 is 11.6 Å². The molecule has 0 saturated carbocycles. The van der Waals surface area contributed by atoms with E-state index >= 15 is 0 Å². The topological polar surface area (TPSA) is 17.1 Å². The van der Waals surface area contributed by atoms with E-state index in [-0.39, 0.29) is 11.7 Å². The van der Waals surface area contributed by atoms with Crippen molar-refractivity contribution in [1.29, 1.82) is 0 Å². The predicted molar refractivity (Wildman–Crippen MR) is 82.9 cm³/mol. The zero-order valence-electron chi connectivity index (χ0n) is 12.0. The second-order valence-corrected chi connectivity index (χ2v) is 6.09. The van der Waals surface area contributed by atoms with Crippen molar-refractivity contribution in [1.82, 2.24) is 0 Å². The van der Waals surface area contributed by atoms with Crippen LogP contribution in [-0.2, 0) is 0 Å². The average molecular weight is 285 g/mol. The molecule has 20 heavy (non-hydrogen) atoms. The first-order valence-corrected chi connectivity index (χ1v) is 7.26. The second kappa shape index (κ2) is 4.75. The number of ketones is 1. The van der Waals surface area contributed by atoms with Gasteiger partial charge in [0.25, 0.3) is 0 Å². The summed E-state index contributed by atoms with van der Waals surface area (Å²) in [7, 11) is 0. The van der Waals surface area contributed by atoms with Crippen LogP contribution in [-0.4, -0.2) is 5.78 Å². The first kappa shape index (κ1) is 13.4. The van der Waals surface area contributed by atoms with Gasteiger partial charge < -0.3 is 0 Å². The Kier molecular flexibility index (Phi) is 3.18. The first-order valence-electron chi connectivity index (χ1n) is 6.88. The number of carbonyl (C=O) groups excluding carboxylic acids is 1. The van der Waals surface area contributed by atoms with Crippen molar-refractivity contribution in [3.63, 3.8) is 0 Å². The lowest BCUT2D eigenvalue weighted by molar-refractivity contribution is 0.0991. The lowest BCUT2D eigenvalue weighted by Crippen LogP contribution is -2.01. The molecule has 0 N–H and O–H groups in total. The number of Topliss-reactive ketones (excluding diaryl/α,β-unsaturated/α-hetero) is 1. The highest BCUT2D eigenvalue weighted by Crippen LogP contribution is 2.42. The van der Waals surface area contributed by atoms with Crippen LogP contribution in [0.1, 0.15) is 50.5 Å². The Morgan fingerprint density at radius 3 is 2.35 bits per heavy atom. The van der Waals surface area contributed by atoms with E-state index in [1.807, 2.05) is 31.2 Å². The molecule has 0 spiro atoms. The molecular formula is C18H17ClO. The Bertz CT molecular complexity index is 698. The fourth-order valence-corrected chi connectivity index (χ4v) is 3.42.